The quantitative estimate of drug-likeness (QED) is 0.890. The van der Waals surface area contributed by atoms with E-state index in [2.05, 4.69) is 10.3 Å². The van der Waals surface area contributed by atoms with Crippen LogP contribution in [-0.2, 0) is 0 Å². The number of benzene rings is 1. The summed E-state index contributed by atoms with van der Waals surface area (Å²) in [5.41, 5.74) is 1.03. The van der Waals surface area contributed by atoms with Gasteiger partial charge in [0, 0.05) is 5.69 Å². The molecule has 0 saturated heterocycles. The van der Waals surface area contributed by atoms with E-state index in [4.69, 9.17) is 5.11 Å². The Morgan fingerprint density at radius 1 is 1.30 bits per heavy atom. The lowest BCUT2D eigenvalue weighted by Crippen LogP contribution is -2.05. The van der Waals surface area contributed by atoms with E-state index in [9.17, 15) is 9.18 Å². The second-order valence-electron chi connectivity index (χ2n) is 4.73. The van der Waals surface area contributed by atoms with Crippen LogP contribution in [0.4, 0.5) is 15.9 Å². The average molecular weight is 274 g/mol. The number of rotatable bonds is 4. The lowest BCUT2D eigenvalue weighted by atomic mass is 10.1. The van der Waals surface area contributed by atoms with Crippen LogP contribution in [0.25, 0.3) is 0 Å². The maximum Gasteiger partial charge on any atom is 0.335 e. The number of hydrogen-bond acceptors (Lipinski definition) is 3. The molecule has 0 amide bonds. The van der Waals surface area contributed by atoms with Gasteiger partial charge in [0.1, 0.15) is 11.6 Å². The Kier molecular flexibility index (Phi) is 3.98. The van der Waals surface area contributed by atoms with Gasteiger partial charge in [0.2, 0.25) is 0 Å². The topological polar surface area (TPSA) is 62.2 Å². The van der Waals surface area contributed by atoms with E-state index in [0.717, 1.165) is 0 Å². The van der Waals surface area contributed by atoms with Crippen LogP contribution < -0.4 is 5.32 Å². The molecule has 4 nitrogen and oxygen atoms in total. The Bertz CT molecular complexity index is 642. The molecular formula is C15H15FN2O2. The van der Waals surface area contributed by atoms with Gasteiger partial charge in [-0.3, -0.25) is 0 Å². The SMILES string of the molecule is CC(C)c1cc(C(=O)O)cc(Nc2ccccc2F)n1. The normalized spacial score (nSPS) is 10.6. The van der Waals surface area contributed by atoms with Crippen molar-refractivity contribution in [2.45, 2.75) is 19.8 Å². The van der Waals surface area contributed by atoms with E-state index >= 15 is 0 Å². The van der Waals surface area contributed by atoms with Gasteiger partial charge in [-0.15, -0.1) is 0 Å². The summed E-state index contributed by atoms with van der Waals surface area (Å²) in [6, 6.07) is 9.09. The fourth-order valence-corrected chi connectivity index (χ4v) is 1.74. The minimum atomic E-state index is -1.04. The minimum absolute atomic E-state index is 0.0791. The summed E-state index contributed by atoms with van der Waals surface area (Å²) in [4.78, 5) is 15.4. The van der Waals surface area contributed by atoms with Crippen LogP contribution in [0, 0.1) is 5.82 Å². The molecule has 20 heavy (non-hydrogen) atoms. The van der Waals surface area contributed by atoms with E-state index in [1.54, 1.807) is 18.2 Å². The molecule has 2 aromatic rings. The zero-order valence-electron chi connectivity index (χ0n) is 11.2. The number of aromatic nitrogens is 1. The van der Waals surface area contributed by atoms with Gasteiger partial charge in [-0.05, 0) is 30.2 Å². The number of hydrogen-bond donors (Lipinski definition) is 2. The number of anilines is 2. The number of carbonyl (C=O) groups is 1. The molecule has 0 bridgehead atoms. The number of nitrogens with zero attached hydrogens (tertiary/aromatic N) is 1. The third kappa shape index (κ3) is 3.12. The summed E-state index contributed by atoms with van der Waals surface area (Å²) in [6.07, 6.45) is 0. The average Bonchev–Trinajstić information content (AvgIpc) is 2.41. The summed E-state index contributed by atoms with van der Waals surface area (Å²) >= 11 is 0. The van der Waals surface area contributed by atoms with Crippen LogP contribution in [0.5, 0.6) is 0 Å². The zero-order chi connectivity index (χ0) is 14.7. The van der Waals surface area contributed by atoms with Crippen LogP contribution in [0.15, 0.2) is 36.4 Å². The lowest BCUT2D eigenvalue weighted by molar-refractivity contribution is 0.0696. The van der Waals surface area contributed by atoms with Gasteiger partial charge in [0.15, 0.2) is 0 Å². The first-order valence-electron chi connectivity index (χ1n) is 6.24. The van der Waals surface area contributed by atoms with E-state index in [1.165, 1.54) is 18.2 Å². The van der Waals surface area contributed by atoms with E-state index < -0.39 is 11.8 Å². The number of aromatic carboxylic acids is 1. The molecule has 2 rings (SSSR count). The molecule has 5 heteroatoms. The summed E-state index contributed by atoms with van der Waals surface area (Å²) in [7, 11) is 0. The van der Waals surface area contributed by atoms with Crippen molar-refractivity contribution < 1.29 is 14.3 Å². The molecule has 0 aliphatic carbocycles. The molecule has 0 radical (unpaired) electrons. The Morgan fingerprint density at radius 2 is 2.00 bits per heavy atom. The van der Waals surface area contributed by atoms with E-state index in [0.29, 0.717) is 11.5 Å². The molecule has 0 fully saturated rings. The maximum atomic E-state index is 13.6. The lowest BCUT2D eigenvalue weighted by Gasteiger charge is -2.11. The standard InChI is InChI=1S/C15H15FN2O2/c1-9(2)13-7-10(15(19)20)8-14(18-13)17-12-6-4-3-5-11(12)16/h3-9H,1-2H3,(H,17,18)(H,19,20). The molecule has 0 saturated carbocycles. The summed E-state index contributed by atoms with van der Waals surface area (Å²) in [5.74, 6) is -1.05. The van der Waals surface area contributed by atoms with Gasteiger partial charge < -0.3 is 10.4 Å². The zero-order valence-corrected chi connectivity index (χ0v) is 11.2. The molecule has 104 valence electrons. The van der Waals surface area contributed by atoms with Gasteiger partial charge in [-0.1, -0.05) is 26.0 Å². The molecule has 1 aromatic heterocycles. The van der Waals surface area contributed by atoms with Crippen molar-refractivity contribution in [3.05, 3.63) is 53.5 Å². The number of carboxylic acids is 1. The highest BCUT2D eigenvalue weighted by Gasteiger charge is 2.11. The largest absolute Gasteiger partial charge is 0.478 e. The Hall–Kier alpha value is -2.43. The predicted molar refractivity (Wildman–Crippen MR) is 75.0 cm³/mol. The maximum absolute atomic E-state index is 13.6. The number of nitrogens with one attached hydrogen (secondary N) is 1. The summed E-state index contributed by atoms with van der Waals surface area (Å²) in [6.45, 7) is 3.84. The first-order valence-corrected chi connectivity index (χ1v) is 6.24. The Morgan fingerprint density at radius 3 is 2.60 bits per heavy atom. The molecule has 1 heterocycles. The van der Waals surface area contributed by atoms with Crippen molar-refractivity contribution in [1.29, 1.82) is 0 Å². The molecule has 0 aliphatic rings. The van der Waals surface area contributed by atoms with Gasteiger partial charge in [-0.25, -0.2) is 14.2 Å². The van der Waals surface area contributed by atoms with Crippen LogP contribution in [-0.4, -0.2) is 16.1 Å². The molecule has 0 aliphatic heterocycles. The molecule has 2 N–H and O–H groups in total. The van der Waals surface area contributed by atoms with Crippen molar-refractivity contribution in [2.75, 3.05) is 5.32 Å². The van der Waals surface area contributed by atoms with Crippen LogP contribution >= 0.6 is 0 Å². The third-order valence-corrected chi connectivity index (χ3v) is 2.82. The number of carboxylic acid groups (broad SMARTS) is 1. The van der Waals surface area contributed by atoms with Crippen molar-refractivity contribution >= 4 is 17.5 Å². The molecule has 1 aromatic carbocycles. The van der Waals surface area contributed by atoms with Gasteiger partial charge in [0.05, 0.1) is 11.3 Å². The van der Waals surface area contributed by atoms with Crippen LogP contribution in [0.2, 0.25) is 0 Å². The van der Waals surface area contributed by atoms with Crippen molar-refractivity contribution in [3.63, 3.8) is 0 Å². The molecule has 0 spiro atoms. The fourth-order valence-electron chi connectivity index (χ4n) is 1.74. The minimum Gasteiger partial charge on any atom is -0.478 e. The fraction of sp³-hybridized carbons (Fsp3) is 0.200. The van der Waals surface area contributed by atoms with Gasteiger partial charge >= 0.3 is 5.97 Å². The predicted octanol–water partition coefficient (Wildman–Crippen LogP) is 3.79. The molecule has 0 unspecified atom stereocenters. The van der Waals surface area contributed by atoms with Crippen LogP contribution in [0.1, 0.15) is 35.8 Å². The number of pyridine rings is 1. The van der Waals surface area contributed by atoms with Crippen LogP contribution in [0.3, 0.4) is 0 Å². The smallest absolute Gasteiger partial charge is 0.335 e. The van der Waals surface area contributed by atoms with E-state index in [1.807, 2.05) is 13.8 Å². The second kappa shape index (κ2) is 5.69. The van der Waals surface area contributed by atoms with Crippen molar-refractivity contribution in [2.24, 2.45) is 0 Å². The highest BCUT2D eigenvalue weighted by molar-refractivity contribution is 5.88. The highest BCUT2D eigenvalue weighted by Crippen LogP contribution is 2.22. The number of para-hydroxylation sites is 1. The third-order valence-electron chi connectivity index (χ3n) is 2.82. The Labute approximate surface area is 116 Å². The van der Waals surface area contributed by atoms with E-state index in [-0.39, 0.29) is 17.2 Å². The summed E-state index contributed by atoms with van der Waals surface area (Å²) in [5, 5.41) is 11.9. The Balaban J connectivity index is 2.41. The molecule has 0 atom stereocenters. The number of halogens is 1. The highest BCUT2D eigenvalue weighted by atomic mass is 19.1. The molecular weight excluding hydrogens is 259 g/mol. The van der Waals surface area contributed by atoms with Gasteiger partial charge in [-0.2, -0.15) is 0 Å². The summed E-state index contributed by atoms with van der Waals surface area (Å²) < 4.78 is 13.6. The van der Waals surface area contributed by atoms with Gasteiger partial charge in [0.25, 0.3) is 0 Å². The first-order chi connectivity index (χ1) is 9.47. The van der Waals surface area contributed by atoms with Crippen molar-refractivity contribution in [1.82, 2.24) is 4.98 Å². The van der Waals surface area contributed by atoms with Crippen molar-refractivity contribution in [3.8, 4) is 0 Å². The first kappa shape index (κ1) is 14.0. The monoisotopic (exact) mass is 274 g/mol. The second-order valence-corrected chi connectivity index (χ2v) is 4.73.